The normalized spacial score (nSPS) is 21.6. The van der Waals surface area contributed by atoms with E-state index in [0.717, 1.165) is 48.6 Å². The summed E-state index contributed by atoms with van der Waals surface area (Å²) < 4.78 is 0. The van der Waals surface area contributed by atoms with Crippen molar-refractivity contribution in [2.45, 2.75) is 32.9 Å². The van der Waals surface area contributed by atoms with Gasteiger partial charge in [-0.1, -0.05) is 0 Å². The summed E-state index contributed by atoms with van der Waals surface area (Å²) >= 11 is 0. The number of likely N-dealkylation sites (tertiary alicyclic amines) is 1. The number of rotatable bonds is 2. The van der Waals surface area contributed by atoms with Crippen LogP contribution in [-0.4, -0.2) is 34.2 Å². The predicted octanol–water partition coefficient (Wildman–Crippen LogP) is 0.847. The van der Waals surface area contributed by atoms with E-state index < -0.39 is 0 Å². The van der Waals surface area contributed by atoms with Gasteiger partial charge in [0.05, 0.1) is 11.8 Å². The minimum Gasteiger partial charge on any atom is -0.398 e. The van der Waals surface area contributed by atoms with Gasteiger partial charge in [-0.25, -0.2) is 0 Å². The number of β-amino-alcohol motifs (C(OH)–C–C–N with tert-alkyl or cyclic N) is 1. The molecule has 1 saturated heterocycles. The third-order valence-corrected chi connectivity index (χ3v) is 3.30. The van der Waals surface area contributed by atoms with E-state index in [9.17, 15) is 5.11 Å². The summed E-state index contributed by atoms with van der Waals surface area (Å²) in [6, 6.07) is 0. The Kier molecular flexibility index (Phi) is 3.12. The summed E-state index contributed by atoms with van der Waals surface area (Å²) in [6.07, 6.45) is 2.51. The molecule has 4 heteroatoms. The Morgan fingerprint density at radius 1 is 1.56 bits per heavy atom. The number of pyridine rings is 1. The first-order valence-corrected chi connectivity index (χ1v) is 5.69. The third-order valence-electron chi connectivity index (χ3n) is 3.30. The van der Waals surface area contributed by atoms with Crippen molar-refractivity contribution < 1.29 is 5.11 Å². The van der Waals surface area contributed by atoms with E-state index in [1.54, 1.807) is 0 Å². The smallest absolute Gasteiger partial charge is 0.0679 e. The topological polar surface area (TPSA) is 62.4 Å². The van der Waals surface area contributed by atoms with Gasteiger partial charge < -0.3 is 10.8 Å². The number of nitrogens with two attached hydrogens (primary N) is 1. The predicted molar refractivity (Wildman–Crippen MR) is 64.0 cm³/mol. The lowest BCUT2D eigenvalue weighted by molar-refractivity contribution is 0.174. The molecule has 0 amide bonds. The molecular formula is C12H19N3O. The Bertz CT molecular complexity index is 392. The first kappa shape index (κ1) is 11.4. The molecule has 0 spiro atoms. The average molecular weight is 221 g/mol. The summed E-state index contributed by atoms with van der Waals surface area (Å²) in [6.45, 7) is 6.45. The van der Waals surface area contributed by atoms with Gasteiger partial charge in [0.2, 0.25) is 0 Å². The number of nitrogens with zero attached hydrogens (tertiary/aromatic N) is 2. The Balaban J connectivity index is 2.13. The van der Waals surface area contributed by atoms with E-state index in [1.165, 1.54) is 0 Å². The number of hydrogen-bond acceptors (Lipinski definition) is 4. The van der Waals surface area contributed by atoms with Gasteiger partial charge in [-0.3, -0.25) is 9.88 Å². The van der Waals surface area contributed by atoms with Crippen LogP contribution in [0.2, 0.25) is 0 Å². The summed E-state index contributed by atoms with van der Waals surface area (Å²) in [5.74, 6) is 0. The maximum absolute atomic E-state index is 9.46. The Morgan fingerprint density at radius 3 is 2.94 bits per heavy atom. The molecule has 0 bridgehead atoms. The van der Waals surface area contributed by atoms with Gasteiger partial charge in [0.15, 0.2) is 0 Å². The van der Waals surface area contributed by atoms with Gasteiger partial charge >= 0.3 is 0 Å². The van der Waals surface area contributed by atoms with Crippen LogP contribution in [0.25, 0.3) is 0 Å². The third kappa shape index (κ3) is 2.18. The Labute approximate surface area is 96.1 Å². The zero-order chi connectivity index (χ0) is 11.7. The largest absolute Gasteiger partial charge is 0.398 e. The Hall–Kier alpha value is -1.13. The highest BCUT2D eigenvalue weighted by Crippen LogP contribution is 2.20. The summed E-state index contributed by atoms with van der Waals surface area (Å²) in [7, 11) is 0. The highest BCUT2D eigenvalue weighted by atomic mass is 16.3. The highest BCUT2D eigenvalue weighted by Gasteiger charge is 2.21. The number of anilines is 1. The van der Waals surface area contributed by atoms with Crippen LogP contribution in [-0.2, 0) is 6.54 Å². The number of aliphatic hydroxyl groups excluding tert-OH is 1. The molecule has 1 aromatic rings. The molecule has 0 aliphatic carbocycles. The zero-order valence-corrected chi connectivity index (χ0v) is 9.90. The number of hydrogen-bond donors (Lipinski definition) is 2. The van der Waals surface area contributed by atoms with Gasteiger partial charge in [-0.15, -0.1) is 0 Å². The zero-order valence-electron chi connectivity index (χ0n) is 9.90. The van der Waals surface area contributed by atoms with Crippen LogP contribution in [0.4, 0.5) is 5.69 Å². The van der Waals surface area contributed by atoms with Crippen molar-refractivity contribution in [3.05, 3.63) is 23.0 Å². The summed E-state index contributed by atoms with van der Waals surface area (Å²) in [5, 5.41) is 9.46. The fraction of sp³-hybridized carbons (Fsp3) is 0.583. The SMILES string of the molecule is Cc1cnc(CN2CCC(O)C2)c(C)c1N. The van der Waals surface area contributed by atoms with Crippen molar-refractivity contribution in [2.24, 2.45) is 0 Å². The molecule has 0 aromatic carbocycles. The second-order valence-corrected chi connectivity index (χ2v) is 4.60. The number of aromatic nitrogens is 1. The lowest BCUT2D eigenvalue weighted by Gasteiger charge is -2.17. The van der Waals surface area contributed by atoms with Crippen LogP contribution in [0.3, 0.4) is 0 Å². The molecule has 1 aromatic heterocycles. The van der Waals surface area contributed by atoms with Crippen LogP contribution >= 0.6 is 0 Å². The van der Waals surface area contributed by atoms with Gasteiger partial charge in [0.1, 0.15) is 0 Å². The number of nitrogen functional groups attached to an aromatic ring is 1. The monoisotopic (exact) mass is 221 g/mol. The molecule has 0 saturated carbocycles. The maximum Gasteiger partial charge on any atom is 0.0679 e. The molecule has 1 unspecified atom stereocenters. The Morgan fingerprint density at radius 2 is 2.31 bits per heavy atom. The van der Waals surface area contributed by atoms with Crippen molar-refractivity contribution in [1.29, 1.82) is 0 Å². The minimum absolute atomic E-state index is 0.178. The molecule has 0 radical (unpaired) electrons. The standard InChI is InChI=1S/C12H19N3O/c1-8-5-14-11(9(2)12(8)13)7-15-4-3-10(16)6-15/h5,10,16H,3-4,6-7H2,1-2H3,(H2,13,14). The lowest BCUT2D eigenvalue weighted by atomic mass is 10.1. The van der Waals surface area contributed by atoms with E-state index in [0.29, 0.717) is 0 Å². The van der Waals surface area contributed by atoms with Gasteiger partial charge in [-0.05, 0) is 31.4 Å². The van der Waals surface area contributed by atoms with Crippen molar-refractivity contribution in [2.75, 3.05) is 18.8 Å². The second-order valence-electron chi connectivity index (χ2n) is 4.60. The molecule has 2 heterocycles. The van der Waals surface area contributed by atoms with E-state index in [2.05, 4.69) is 9.88 Å². The van der Waals surface area contributed by atoms with Crippen LogP contribution in [0.1, 0.15) is 23.2 Å². The van der Waals surface area contributed by atoms with Crippen LogP contribution < -0.4 is 5.73 Å². The minimum atomic E-state index is -0.178. The first-order valence-electron chi connectivity index (χ1n) is 5.69. The van der Waals surface area contributed by atoms with Crippen molar-refractivity contribution in [3.8, 4) is 0 Å². The molecule has 3 N–H and O–H groups in total. The van der Waals surface area contributed by atoms with Crippen LogP contribution in [0.15, 0.2) is 6.20 Å². The van der Waals surface area contributed by atoms with Crippen LogP contribution in [0.5, 0.6) is 0 Å². The molecular weight excluding hydrogens is 202 g/mol. The number of aliphatic hydroxyl groups is 1. The maximum atomic E-state index is 9.46. The molecule has 16 heavy (non-hydrogen) atoms. The fourth-order valence-electron chi connectivity index (χ4n) is 2.12. The average Bonchev–Trinajstić information content (AvgIpc) is 2.65. The highest BCUT2D eigenvalue weighted by molar-refractivity contribution is 5.53. The summed E-state index contributed by atoms with van der Waals surface area (Å²) in [4.78, 5) is 6.64. The quantitative estimate of drug-likeness (QED) is 0.777. The van der Waals surface area contributed by atoms with Crippen molar-refractivity contribution >= 4 is 5.69 Å². The molecule has 1 aliphatic rings. The molecule has 4 nitrogen and oxygen atoms in total. The van der Waals surface area contributed by atoms with Crippen molar-refractivity contribution in [1.82, 2.24) is 9.88 Å². The fourth-order valence-corrected chi connectivity index (χ4v) is 2.12. The van der Waals surface area contributed by atoms with E-state index in [-0.39, 0.29) is 6.10 Å². The molecule has 2 rings (SSSR count). The van der Waals surface area contributed by atoms with Crippen LogP contribution in [0, 0.1) is 13.8 Å². The molecule has 1 fully saturated rings. The first-order chi connectivity index (χ1) is 7.58. The molecule has 1 atom stereocenters. The number of aryl methyl sites for hydroxylation is 1. The van der Waals surface area contributed by atoms with E-state index >= 15 is 0 Å². The lowest BCUT2D eigenvalue weighted by Crippen LogP contribution is -2.23. The van der Waals surface area contributed by atoms with E-state index in [1.807, 2.05) is 20.0 Å². The van der Waals surface area contributed by atoms with E-state index in [4.69, 9.17) is 5.73 Å². The second kappa shape index (κ2) is 4.39. The molecule has 1 aliphatic heterocycles. The van der Waals surface area contributed by atoms with Gasteiger partial charge in [-0.2, -0.15) is 0 Å². The van der Waals surface area contributed by atoms with Gasteiger partial charge in [0.25, 0.3) is 0 Å². The summed E-state index contributed by atoms with van der Waals surface area (Å²) in [5.41, 5.74) is 9.94. The van der Waals surface area contributed by atoms with Gasteiger partial charge in [0, 0.05) is 31.5 Å². The van der Waals surface area contributed by atoms with Crippen molar-refractivity contribution in [3.63, 3.8) is 0 Å². The molecule has 88 valence electrons.